The van der Waals surface area contributed by atoms with E-state index < -0.39 is 7.32 Å². The van der Waals surface area contributed by atoms with Crippen LogP contribution in [0.3, 0.4) is 0 Å². The van der Waals surface area contributed by atoms with Gasteiger partial charge in [0.2, 0.25) is 0 Å². The standard InChI is InChI=1S/C22H23BClNO5/c1-28-18-7-3-16(4-8-18)14-25(15-17-5-9-19(29-2)10-6-17)22-13-20(30-23(26)27)11-12-21(22)24/h3-13,26-27H,14-15H2,1-2H3. The molecular formula is C22H23BClNO5. The molecular weight excluding hydrogens is 405 g/mol. The summed E-state index contributed by atoms with van der Waals surface area (Å²) in [6.07, 6.45) is 0. The zero-order chi connectivity index (χ0) is 21.5. The normalized spacial score (nSPS) is 10.4. The Balaban J connectivity index is 1.93. The molecule has 0 aliphatic rings. The van der Waals surface area contributed by atoms with Crippen LogP contribution in [0.25, 0.3) is 0 Å². The van der Waals surface area contributed by atoms with Crippen LogP contribution in [0.15, 0.2) is 66.7 Å². The molecule has 6 nitrogen and oxygen atoms in total. The van der Waals surface area contributed by atoms with Crippen LogP contribution in [0.4, 0.5) is 5.69 Å². The van der Waals surface area contributed by atoms with Crippen molar-refractivity contribution in [3.05, 3.63) is 82.9 Å². The zero-order valence-electron chi connectivity index (χ0n) is 16.8. The lowest BCUT2D eigenvalue weighted by Crippen LogP contribution is -2.23. The van der Waals surface area contributed by atoms with E-state index in [9.17, 15) is 0 Å². The van der Waals surface area contributed by atoms with Gasteiger partial charge in [-0.3, -0.25) is 0 Å². The van der Waals surface area contributed by atoms with Crippen molar-refractivity contribution in [3.8, 4) is 17.2 Å². The minimum Gasteiger partial charge on any atom is -0.512 e. The van der Waals surface area contributed by atoms with Gasteiger partial charge < -0.3 is 29.1 Å². The molecule has 3 aromatic rings. The molecule has 3 rings (SSSR count). The molecule has 0 bridgehead atoms. The smallest absolute Gasteiger partial charge is 0.512 e. The summed E-state index contributed by atoms with van der Waals surface area (Å²) in [4.78, 5) is 2.09. The van der Waals surface area contributed by atoms with Crippen molar-refractivity contribution in [1.29, 1.82) is 0 Å². The van der Waals surface area contributed by atoms with E-state index in [1.165, 1.54) is 0 Å². The quantitative estimate of drug-likeness (QED) is 0.505. The van der Waals surface area contributed by atoms with Crippen molar-refractivity contribution in [2.45, 2.75) is 13.1 Å². The van der Waals surface area contributed by atoms with E-state index in [2.05, 4.69) is 4.90 Å². The third kappa shape index (κ3) is 5.82. The van der Waals surface area contributed by atoms with Gasteiger partial charge in [-0.2, -0.15) is 0 Å². The highest BCUT2D eigenvalue weighted by atomic mass is 35.5. The van der Waals surface area contributed by atoms with Gasteiger partial charge in [0.1, 0.15) is 17.2 Å². The molecule has 30 heavy (non-hydrogen) atoms. The topological polar surface area (TPSA) is 71.4 Å². The van der Waals surface area contributed by atoms with Gasteiger partial charge in [0.15, 0.2) is 0 Å². The average molecular weight is 428 g/mol. The molecule has 3 aromatic carbocycles. The van der Waals surface area contributed by atoms with Crippen molar-refractivity contribution in [3.63, 3.8) is 0 Å². The van der Waals surface area contributed by atoms with Crippen LogP contribution in [0.2, 0.25) is 5.02 Å². The maximum atomic E-state index is 9.14. The summed E-state index contributed by atoms with van der Waals surface area (Å²) in [5.41, 5.74) is 2.84. The second kappa shape index (κ2) is 10.3. The van der Waals surface area contributed by atoms with Crippen LogP contribution in [0.1, 0.15) is 11.1 Å². The highest BCUT2D eigenvalue weighted by Gasteiger charge is 2.17. The van der Waals surface area contributed by atoms with Crippen LogP contribution in [-0.4, -0.2) is 31.6 Å². The molecule has 0 saturated carbocycles. The molecule has 0 unspecified atom stereocenters. The Morgan fingerprint density at radius 2 is 1.23 bits per heavy atom. The largest absolute Gasteiger partial charge is 0.707 e. The molecule has 156 valence electrons. The van der Waals surface area contributed by atoms with Crippen molar-refractivity contribution >= 4 is 24.6 Å². The Kier molecular flexibility index (Phi) is 7.46. The summed E-state index contributed by atoms with van der Waals surface area (Å²) < 4.78 is 15.5. The molecule has 0 atom stereocenters. The van der Waals surface area contributed by atoms with Crippen LogP contribution in [0.5, 0.6) is 17.2 Å². The Hall–Kier alpha value is -2.87. The molecule has 2 N–H and O–H groups in total. The second-order valence-electron chi connectivity index (χ2n) is 6.61. The van der Waals surface area contributed by atoms with Crippen molar-refractivity contribution in [2.75, 3.05) is 19.1 Å². The molecule has 0 aromatic heterocycles. The van der Waals surface area contributed by atoms with Crippen LogP contribution in [-0.2, 0) is 13.1 Å². The molecule has 8 heteroatoms. The molecule has 0 fully saturated rings. The highest BCUT2D eigenvalue weighted by Crippen LogP contribution is 2.33. The van der Waals surface area contributed by atoms with Crippen LogP contribution >= 0.6 is 11.6 Å². The summed E-state index contributed by atoms with van der Waals surface area (Å²) in [6, 6.07) is 20.5. The lowest BCUT2D eigenvalue weighted by atomic mass is 10.1. The number of nitrogens with zero attached hydrogens (tertiary/aromatic N) is 1. The number of ether oxygens (including phenoxy) is 2. The van der Waals surface area contributed by atoms with Crippen molar-refractivity contribution in [1.82, 2.24) is 0 Å². The molecule has 0 radical (unpaired) electrons. The number of rotatable bonds is 9. The first-order valence-electron chi connectivity index (χ1n) is 9.31. The van der Waals surface area contributed by atoms with E-state index in [0.717, 1.165) is 22.6 Å². The molecule has 0 saturated heterocycles. The van der Waals surface area contributed by atoms with E-state index >= 15 is 0 Å². The predicted octanol–water partition coefficient (Wildman–Crippen LogP) is 3.91. The Labute approximate surface area is 181 Å². The maximum absolute atomic E-state index is 9.14. The van der Waals surface area contributed by atoms with Crippen LogP contribution in [0, 0.1) is 0 Å². The van der Waals surface area contributed by atoms with Gasteiger partial charge in [0, 0.05) is 19.2 Å². The van der Waals surface area contributed by atoms with Gasteiger partial charge in [-0.05, 0) is 47.5 Å². The van der Waals surface area contributed by atoms with Gasteiger partial charge in [-0.25, -0.2) is 0 Å². The second-order valence-corrected chi connectivity index (χ2v) is 7.02. The third-order valence-corrected chi connectivity index (χ3v) is 4.88. The SMILES string of the molecule is COc1ccc(CN(Cc2ccc(OC)cc2)c2cc(OB(O)O)ccc2Cl)cc1. The van der Waals surface area contributed by atoms with Crippen molar-refractivity contribution in [2.24, 2.45) is 0 Å². The summed E-state index contributed by atoms with van der Waals surface area (Å²) in [6.45, 7) is 1.14. The van der Waals surface area contributed by atoms with E-state index in [1.54, 1.807) is 32.4 Å². The monoisotopic (exact) mass is 427 g/mol. The molecule has 0 aliphatic carbocycles. The number of benzene rings is 3. The van der Waals surface area contributed by atoms with Gasteiger partial charge >= 0.3 is 7.32 Å². The number of anilines is 1. The molecule has 0 heterocycles. The minimum atomic E-state index is -1.91. The fraction of sp³-hybridized carbons (Fsp3) is 0.182. The van der Waals surface area contributed by atoms with Crippen LogP contribution < -0.4 is 19.0 Å². The first-order chi connectivity index (χ1) is 14.5. The lowest BCUT2D eigenvalue weighted by Gasteiger charge is -2.27. The Bertz CT molecular complexity index is 901. The van der Waals surface area contributed by atoms with E-state index in [-0.39, 0.29) is 0 Å². The fourth-order valence-electron chi connectivity index (χ4n) is 3.06. The highest BCUT2D eigenvalue weighted by molar-refractivity contribution is 6.34. The first-order valence-corrected chi connectivity index (χ1v) is 9.69. The summed E-state index contributed by atoms with van der Waals surface area (Å²) in [7, 11) is 1.35. The first kappa shape index (κ1) is 21.8. The third-order valence-electron chi connectivity index (χ3n) is 4.56. The minimum absolute atomic E-state index is 0.305. The van der Waals surface area contributed by atoms with E-state index in [0.29, 0.717) is 29.5 Å². The fourth-order valence-corrected chi connectivity index (χ4v) is 3.30. The van der Waals surface area contributed by atoms with Crippen molar-refractivity contribution < 1.29 is 24.2 Å². The van der Waals surface area contributed by atoms with E-state index in [1.807, 2.05) is 48.5 Å². The number of hydrogen-bond acceptors (Lipinski definition) is 6. The number of halogens is 1. The number of hydrogen-bond donors (Lipinski definition) is 2. The molecule has 0 amide bonds. The molecule has 0 aliphatic heterocycles. The summed E-state index contributed by atoms with van der Waals surface area (Å²) >= 11 is 6.49. The predicted molar refractivity (Wildman–Crippen MR) is 118 cm³/mol. The lowest BCUT2D eigenvalue weighted by molar-refractivity contribution is 0.288. The van der Waals surface area contributed by atoms with E-state index in [4.69, 9.17) is 35.8 Å². The van der Waals surface area contributed by atoms with Gasteiger partial charge in [0.25, 0.3) is 0 Å². The summed E-state index contributed by atoms with van der Waals surface area (Å²) in [5.74, 6) is 1.87. The Morgan fingerprint density at radius 3 is 1.67 bits per heavy atom. The molecule has 0 spiro atoms. The Morgan fingerprint density at radius 1 is 0.767 bits per heavy atom. The maximum Gasteiger partial charge on any atom is 0.707 e. The number of methoxy groups -OCH3 is 2. The van der Waals surface area contributed by atoms with Gasteiger partial charge in [0.05, 0.1) is 24.9 Å². The van der Waals surface area contributed by atoms with Gasteiger partial charge in [-0.1, -0.05) is 35.9 Å². The summed E-state index contributed by atoms with van der Waals surface area (Å²) in [5, 5.41) is 18.8. The zero-order valence-corrected chi connectivity index (χ0v) is 17.5. The average Bonchev–Trinajstić information content (AvgIpc) is 2.75. The van der Waals surface area contributed by atoms with Gasteiger partial charge in [-0.15, -0.1) is 0 Å².